The third-order valence-corrected chi connectivity index (χ3v) is 3.12. The van der Waals surface area contributed by atoms with Gasteiger partial charge in [0.25, 0.3) is 0 Å². The second-order valence-electron chi connectivity index (χ2n) is 5.47. The van der Waals surface area contributed by atoms with E-state index in [1.54, 1.807) is 6.08 Å². The minimum absolute atomic E-state index is 0.0462. The normalized spacial score (nSPS) is 11.7. The Bertz CT molecular complexity index is 585. The summed E-state index contributed by atoms with van der Waals surface area (Å²) in [5.74, 6) is 0.0462. The molecule has 2 rings (SSSR count). The first kappa shape index (κ1) is 14.2. The van der Waals surface area contributed by atoms with Gasteiger partial charge in [0.1, 0.15) is 6.54 Å². The van der Waals surface area contributed by atoms with E-state index >= 15 is 0 Å². The molecular formula is C18H20NO+. The summed E-state index contributed by atoms with van der Waals surface area (Å²) in [5, 5.41) is 0. The van der Waals surface area contributed by atoms with E-state index in [9.17, 15) is 4.79 Å². The molecule has 0 fully saturated rings. The molecule has 102 valence electrons. The second-order valence-corrected chi connectivity index (χ2v) is 5.47. The van der Waals surface area contributed by atoms with Gasteiger partial charge in [-0.2, -0.15) is 0 Å². The molecule has 0 radical (unpaired) electrons. The summed E-state index contributed by atoms with van der Waals surface area (Å²) >= 11 is 0. The van der Waals surface area contributed by atoms with Gasteiger partial charge in [0.2, 0.25) is 0 Å². The van der Waals surface area contributed by atoms with Gasteiger partial charge in [-0.25, -0.2) is 0 Å². The molecule has 2 aromatic carbocycles. The van der Waals surface area contributed by atoms with Crippen molar-refractivity contribution in [2.45, 2.75) is 6.54 Å². The van der Waals surface area contributed by atoms with Crippen molar-refractivity contribution in [1.29, 1.82) is 0 Å². The number of allylic oxidation sites excluding steroid dienone is 1. The van der Waals surface area contributed by atoms with Crippen molar-refractivity contribution >= 4 is 5.78 Å². The van der Waals surface area contributed by atoms with Crippen LogP contribution in [0, 0.1) is 0 Å². The topological polar surface area (TPSA) is 17.1 Å². The van der Waals surface area contributed by atoms with Gasteiger partial charge in [-0.15, -0.1) is 0 Å². The molecule has 0 bridgehead atoms. The summed E-state index contributed by atoms with van der Waals surface area (Å²) in [6.07, 6.45) is 3.61. The summed E-state index contributed by atoms with van der Waals surface area (Å²) < 4.78 is 0.641. The Kier molecular flexibility index (Phi) is 4.49. The lowest BCUT2D eigenvalue weighted by molar-refractivity contribution is -0.852. The number of carbonyl (C=O) groups is 1. The van der Waals surface area contributed by atoms with Crippen LogP contribution in [0.25, 0.3) is 0 Å². The Morgan fingerprint density at radius 2 is 1.50 bits per heavy atom. The Morgan fingerprint density at radius 1 is 0.950 bits per heavy atom. The fourth-order valence-corrected chi connectivity index (χ4v) is 2.07. The summed E-state index contributed by atoms with van der Waals surface area (Å²) in [5.41, 5.74) is 1.98. The standard InChI is InChI=1S/C18H20NO/c1-19(2,15-16-9-5-3-6-10-16)14-13-18(20)17-11-7-4-8-12-17/h3-14H,15H2,1-2H3/q+1. The Morgan fingerprint density at radius 3 is 2.10 bits per heavy atom. The van der Waals surface area contributed by atoms with Crippen molar-refractivity contribution in [3.63, 3.8) is 0 Å². The lowest BCUT2D eigenvalue weighted by Gasteiger charge is -2.24. The quantitative estimate of drug-likeness (QED) is 0.458. The number of nitrogens with zero attached hydrogens (tertiary/aromatic N) is 1. The van der Waals surface area contributed by atoms with E-state index in [1.807, 2.05) is 54.7 Å². The Hall–Kier alpha value is -2.19. The molecule has 2 nitrogen and oxygen atoms in total. The number of carbonyl (C=O) groups excluding carboxylic acids is 1. The second kappa shape index (κ2) is 6.31. The fraction of sp³-hybridized carbons (Fsp3) is 0.167. The highest BCUT2D eigenvalue weighted by molar-refractivity contribution is 6.04. The van der Waals surface area contributed by atoms with Gasteiger partial charge >= 0.3 is 0 Å². The summed E-state index contributed by atoms with van der Waals surface area (Å²) in [4.78, 5) is 12.0. The fourth-order valence-electron chi connectivity index (χ4n) is 2.07. The molecule has 0 spiro atoms. The van der Waals surface area contributed by atoms with Crippen LogP contribution in [0.15, 0.2) is 72.9 Å². The average Bonchev–Trinajstić information content (AvgIpc) is 2.46. The molecule has 0 heterocycles. The summed E-state index contributed by atoms with van der Waals surface area (Å²) in [7, 11) is 4.17. The number of benzene rings is 2. The highest BCUT2D eigenvalue weighted by Gasteiger charge is 2.13. The molecule has 0 aromatic heterocycles. The molecule has 0 saturated carbocycles. The molecular weight excluding hydrogens is 246 g/mol. The van der Waals surface area contributed by atoms with Crippen LogP contribution in [0.5, 0.6) is 0 Å². The van der Waals surface area contributed by atoms with Crippen LogP contribution in [-0.4, -0.2) is 24.4 Å². The molecule has 0 atom stereocenters. The van der Waals surface area contributed by atoms with Crippen LogP contribution >= 0.6 is 0 Å². The number of quaternary nitrogens is 1. The minimum atomic E-state index is 0.0462. The largest absolute Gasteiger partial charge is 0.298 e. The lowest BCUT2D eigenvalue weighted by Crippen LogP contribution is -2.32. The molecule has 0 aliphatic carbocycles. The zero-order valence-corrected chi connectivity index (χ0v) is 12.0. The highest BCUT2D eigenvalue weighted by Crippen LogP contribution is 2.10. The number of hydrogen-bond donors (Lipinski definition) is 0. The van der Waals surface area contributed by atoms with Gasteiger partial charge in [0.15, 0.2) is 5.78 Å². The van der Waals surface area contributed by atoms with Crippen molar-refractivity contribution in [2.24, 2.45) is 0 Å². The van der Waals surface area contributed by atoms with E-state index in [0.29, 0.717) is 4.48 Å². The molecule has 2 heteroatoms. The monoisotopic (exact) mass is 266 g/mol. The smallest absolute Gasteiger partial charge is 0.191 e. The molecule has 0 aliphatic rings. The van der Waals surface area contributed by atoms with Crippen LogP contribution in [0.1, 0.15) is 15.9 Å². The molecule has 0 amide bonds. The Balaban J connectivity index is 2.04. The molecule has 20 heavy (non-hydrogen) atoms. The predicted octanol–water partition coefficient (Wildman–Crippen LogP) is 3.66. The summed E-state index contributed by atoms with van der Waals surface area (Å²) in [6.45, 7) is 0.861. The van der Waals surface area contributed by atoms with E-state index in [0.717, 1.165) is 12.1 Å². The van der Waals surface area contributed by atoms with Crippen LogP contribution in [0.4, 0.5) is 0 Å². The molecule has 0 aliphatic heterocycles. The summed E-state index contributed by atoms with van der Waals surface area (Å²) in [6, 6.07) is 19.6. The van der Waals surface area contributed by atoms with Crippen molar-refractivity contribution in [3.05, 3.63) is 84.1 Å². The maximum Gasteiger partial charge on any atom is 0.191 e. The predicted molar refractivity (Wildman–Crippen MR) is 82.2 cm³/mol. The maximum atomic E-state index is 12.0. The van der Waals surface area contributed by atoms with Gasteiger partial charge < -0.3 is 0 Å². The molecule has 2 aromatic rings. The van der Waals surface area contributed by atoms with E-state index in [4.69, 9.17) is 0 Å². The van der Waals surface area contributed by atoms with E-state index < -0.39 is 0 Å². The lowest BCUT2D eigenvalue weighted by atomic mass is 10.1. The number of ketones is 1. The molecule has 0 unspecified atom stereocenters. The third kappa shape index (κ3) is 4.18. The SMILES string of the molecule is C[N+](C)(C=CC(=O)c1ccccc1)Cc1ccccc1. The third-order valence-electron chi connectivity index (χ3n) is 3.12. The Labute approximate surface area is 120 Å². The van der Waals surface area contributed by atoms with Gasteiger partial charge in [0.05, 0.1) is 20.3 Å². The van der Waals surface area contributed by atoms with Crippen LogP contribution in [0.2, 0.25) is 0 Å². The van der Waals surface area contributed by atoms with Crippen LogP contribution in [0.3, 0.4) is 0 Å². The zero-order chi connectivity index (χ0) is 14.4. The van der Waals surface area contributed by atoms with E-state index in [1.165, 1.54) is 5.56 Å². The molecule has 0 N–H and O–H groups in total. The van der Waals surface area contributed by atoms with Crippen LogP contribution in [-0.2, 0) is 6.54 Å². The average molecular weight is 266 g/mol. The van der Waals surface area contributed by atoms with Crippen molar-refractivity contribution in [2.75, 3.05) is 14.1 Å². The maximum absolute atomic E-state index is 12.0. The van der Waals surface area contributed by atoms with E-state index in [2.05, 4.69) is 26.2 Å². The first-order valence-electron chi connectivity index (χ1n) is 6.72. The highest BCUT2D eigenvalue weighted by atomic mass is 16.1. The van der Waals surface area contributed by atoms with Gasteiger partial charge in [-0.3, -0.25) is 9.28 Å². The van der Waals surface area contributed by atoms with Crippen molar-refractivity contribution in [3.8, 4) is 0 Å². The van der Waals surface area contributed by atoms with Crippen LogP contribution < -0.4 is 0 Å². The van der Waals surface area contributed by atoms with Crippen molar-refractivity contribution < 1.29 is 9.28 Å². The minimum Gasteiger partial charge on any atom is -0.298 e. The zero-order valence-electron chi connectivity index (χ0n) is 12.0. The number of rotatable bonds is 5. The van der Waals surface area contributed by atoms with E-state index in [-0.39, 0.29) is 5.78 Å². The van der Waals surface area contributed by atoms with Gasteiger partial charge in [-0.05, 0) is 0 Å². The van der Waals surface area contributed by atoms with Crippen molar-refractivity contribution in [1.82, 2.24) is 0 Å². The van der Waals surface area contributed by atoms with Gasteiger partial charge in [0, 0.05) is 17.2 Å². The molecule has 0 saturated heterocycles. The first-order valence-corrected chi connectivity index (χ1v) is 6.72. The van der Waals surface area contributed by atoms with Gasteiger partial charge in [-0.1, -0.05) is 60.7 Å². The first-order chi connectivity index (χ1) is 9.57. The number of hydrogen-bond acceptors (Lipinski definition) is 1.